The van der Waals surface area contributed by atoms with Crippen LogP contribution in [0.4, 0.5) is 0 Å². The zero-order valence-corrected chi connectivity index (χ0v) is 13.0. The Labute approximate surface area is 136 Å². The zero-order chi connectivity index (χ0) is 16.5. The molecule has 0 fully saturated rings. The van der Waals surface area contributed by atoms with Crippen molar-refractivity contribution in [2.24, 2.45) is 8.80 Å². The second kappa shape index (κ2) is 15.1. The number of allylic oxidation sites excluding steroid dienone is 6. The van der Waals surface area contributed by atoms with Crippen molar-refractivity contribution >= 4 is 48.3 Å². The van der Waals surface area contributed by atoms with Crippen LogP contribution in [0.15, 0.2) is 68.2 Å². The normalized spacial score (nSPS) is 14.4. The molecule has 2 heterocycles. The minimum atomic E-state index is -1.26. The molecule has 22 heavy (non-hydrogen) atoms. The molecule has 0 aromatic carbocycles. The van der Waals surface area contributed by atoms with Gasteiger partial charge in [0.15, 0.2) is 0 Å². The summed E-state index contributed by atoms with van der Waals surface area (Å²) >= 11 is 2.88. The predicted molar refractivity (Wildman–Crippen MR) is 93.1 cm³/mol. The van der Waals surface area contributed by atoms with E-state index in [4.69, 9.17) is 10.2 Å². The van der Waals surface area contributed by atoms with Crippen molar-refractivity contribution in [2.45, 2.75) is 0 Å². The monoisotopic (exact) mass is 338 g/mol. The van der Waals surface area contributed by atoms with Crippen molar-refractivity contribution in [3.05, 3.63) is 59.4 Å². The third-order valence-corrected chi connectivity index (χ3v) is 2.55. The molecule has 0 aromatic rings. The van der Waals surface area contributed by atoms with Crippen molar-refractivity contribution in [2.75, 3.05) is 0 Å². The van der Waals surface area contributed by atoms with Crippen molar-refractivity contribution in [1.82, 2.24) is 0 Å². The van der Waals surface area contributed by atoms with Gasteiger partial charge in [-0.05, 0) is 23.0 Å². The summed E-state index contributed by atoms with van der Waals surface area (Å²) in [6.07, 6.45) is 16.3. The maximum absolute atomic E-state index is 9.55. The summed E-state index contributed by atoms with van der Waals surface area (Å²) in [5, 5.41) is 19.5. The third kappa shape index (κ3) is 17.7. The highest BCUT2D eigenvalue weighted by Gasteiger charge is 1.88. The highest BCUT2D eigenvalue weighted by atomic mass is 32.2. The van der Waals surface area contributed by atoms with Crippen LogP contribution in [0.1, 0.15) is 0 Å². The second-order valence-corrected chi connectivity index (χ2v) is 4.54. The summed E-state index contributed by atoms with van der Waals surface area (Å²) in [5.74, 6) is -2.51. The van der Waals surface area contributed by atoms with Gasteiger partial charge < -0.3 is 10.2 Å². The van der Waals surface area contributed by atoms with Gasteiger partial charge in [-0.1, -0.05) is 24.3 Å². The molecule has 0 saturated carbocycles. The summed E-state index contributed by atoms with van der Waals surface area (Å²) < 4.78 is 7.78. The van der Waals surface area contributed by atoms with E-state index in [9.17, 15) is 9.59 Å². The van der Waals surface area contributed by atoms with Crippen molar-refractivity contribution in [1.29, 1.82) is 0 Å². The molecule has 2 aliphatic rings. The SMILES string of the molecule is C1=CC=NSC=C1.C1=CC=NSC=C1.O=C(O)/C=C/C(=O)O. The Morgan fingerprint density at radius 3 is 1.50 bits per heavy atom. The number of hydrogen-bond acceptors (Lipinski definition) is 6. The van der Waals surface area contributed by atoms with E-state index in [1.54, 1.807) is 12.4 Å². The Kier molecular flexibility index (Phi) is 13.5. The third-order valence-electron chi connectivity index (χ3n) is 1.51. The molecule has 6 nitrogen and oxygen atoms in total. The molecule has 0 saturated heterocycles. The standard InChI is InChI=1S/2C5H5NS.C4H4O4/c2*1-2-4-6-7-5-3-1;5-3(6)1-2-4(7)8/h2*1-5H;1-2H,(H,5,6)(H,7,8)/b;;2-1+. The van der Waals surface area contributed by atoms with Crippen LogP contribution in [0.5, 0.6) is 0 Å². The van der Waals surface area contributed by atoms with Crippen LogP contribution in [-0.2, 0) is 9.59 Å². The average Bonchev–Trinajstić information content (AvgIpc) is 2.95. The molecule has 0 unspecified atom stereocenters. The topological polar surface area (TPSA) is 99.3 Å². The molecule has 0 atom stereocenters. The van der Waals surface area contributed by atoms with Crippen LogP contribution in [0, 0.1) is 0 Å². The first-order valence-electron chi connectivity index (χ1n) is 5.79. The summed E-state index contributed by atoms with van der Waals surface area (Å²) in [6, 6.07) is 0. The summed E-state index contributed by atoms with van der Waals surface area (Å²) in [6.45, 7) is 0. The van der Waals surface area contributed by atoms with Gasteiger partial charge in [-0.2, -0.15) is 0 Å². The van der Waals surface area contributed by atoms with E-state index in [0.717, 1.165) is 0 Å². The average molecular weight is 338 g/mol. The van der Waals surface area contributed by atoms with Gasteiger partial charge in [-0.15, -0.1) is 0 Å². The Hall–Kier alpha value is -2.32. The number of hydrogen-bond donors (Lipinski definition) is 2. The molecule has 0 aliphatic carbocycles. The molecule has 8 heteroatoms. The van der Waals surface area contributed by atoms with Gasteiger partial charge in [-0.25, -0.2) is 18.4 Å². The summed E-state index contributed by atoms with van der Waals surface area (Å²) in [4.78, 5) is 19.1. The maximum atomic E-state index is 9.55. The fourth-order valence-electron chi connectivity index (χ4n) is 0.742. The smallest absolute Gasteiger partial charge is 0.328 e. The molecule has 0 bridgehead atoms. The molecule has 0 radical (unpaired) electrons. The van der Waals surface area contributed by atoms with E-state index in [1.807, 2.05) is 47.3 Å². The van der Waals surface area contributed by atoms with E-state index >= 15 is 0 Å². The first kappa shape index (κ1) is 19.7. The van der Waals surface area contributed by atoms with Gasteiger partial charge in [0.25, 0.3) is 0 Å². The quantitative estimate of drug-likeness (QED) is 0.592. The van der Waals surface area contributed by atoms with E-state index in [1.165, 1.54) is 23.9 Å². The lowest BCUT2D eigenvalue weighted by Gasteiger charge is -1.74. The van der Waals surface area contributed by atoms with Gasteiger partial charge >= 0.3 is 11.9 Å². The maximum Gasteiger partial charge on any atom is 0.328 e. The Morgan fingerprint density at radius 2 is 1.14 bits per heavy atom. The van der Waals surface area contributed by atoms with Crippen molar-refractivity contribution in [3.63, 3.8) is 0 Å². The first-order valence-corrected chi connectivity index (χ1v) is 7.46. The highest BCUT2D eigenvalue weighted by molar-refractivity contribution is 8.01. The van der Waals surface area contributed by atoms with Crippen LogP contribution in [-0.4, -0.2) is 34.6 Å². The molecule has 0 spiro atoms. The van der Waals surface area contributed by atoms with Gasteiger partial charge in [-0.3, -0.25) is 0 Å². The van der Waals surface area contributed by atoms with E-state index in [-0.39, 0.29) is 0 Å². The summed E-state index contributed by atoms with van der Waals surface area (Å²) in [5.41, 5.74) is 0. The number of nitrogens with zero attached hydrogens (tertiary/aromatic N) is 2. The molecule has 2 N–H and O–H groups in total. The first-order chi connectivity index (χ1) is 10.6. The number of carbonyl (C=O) groups is 2. The number of rotatable bonds is 2. The lowest BCUT2D eigenvalue weighted by molar-refractivity contribution is -0.134. The lowest BCUT2D eigenvalue weighted by Crippen LogP contribution is -1.91. The van der Waals surface area contributed by atoms with Gasteiger partial charge in [0.1, 0.15) is 0 Å². The van der Waals surface area contributed by atoms with Crippen LogP contribution in [0.2, 0.25) is 0 Å². The molecule has 0 aromatic heterocycles. The minimum Gasteiger partial charge on any atom is -0.478 e. The molecular formula is C14H14N2O4S2. The van der Waals surface area contributed by atoms with E-state index < -0.39 is 11.9 Å². The van der Waals surface area contributed by atoms with Crippen LogP contribution < -0.4 is 0 Å². The highest BCUT2D eigenvalue weighted by Crippen LogP contribution is 2.04. The van der Waals surface area contributed by atoms with E-state index in [2.05, 4.69) is 8.80 Å². The Balaban J connectivity index is 0.000000301. The van der Waals surface area contributed by atoms with Crippen LogP contribution in [0.3, 0.4) is 0 Å². The Bertz CT molecular complexity index is 471. The van der Waals surface area contributed by atoms with Gasteiger partial charge in [0, 0.05) is 48.5 Å². The van der Waals surface area contributed by atoms with Crippen LogP contribution >= 0.6 is 23.9 Å². The molecular weight excluding hydrogens is 324 g/mol. The largest absolute Gasteiger partial charge is 0.478 e. The fourth-order valence-corrected chi connectivity index (χ4v) is 1.49. The molecule has 2 rings (SSSR count). The fraction of sp³-hybridized carbons (Fsp3) is 0. The lowest BCUT2D eigenvalue weighted by atomic mass is 10.5. The van der Waals surface area contributed by atoms with Crippen molar-refractivity contribution in [3.8, 4) is 0 Å². The van der Waals surface area contributed by atoms with Crippen molar-refractivity contribution < 1.29 is 19.8 Å². The predicted octanol–water partition coefficient (Wildman–Crippen LogP) is 3.29. The minimum absolute atomic E-state index is 0.558. The van der Waals surface area contributed by atoms with Gasteiger partial charge in [0.05, 0.1) is 0 Å². The number of aliphatic carboxylic acids is 2. The summed E-state index contributed by atoms with van der Waals surface area (Å²) in [7, 11) is 0. The number of carboxylic acids is 2. The van der Waals surface area contributed by atoms with Crippen LogP contribution in [0.25, 0.3) is 0 Å². The van der Waals surface area contributed by atoms with E-state index in [0.29, 0.717) is 12.2 Å². The molecule has 116 valence electrons. The second-order valence-electron chi connectivity index (χ2n) is 3.16. The number of carboxylic acid groups (broad SMARTS) is 2. The Morgan fingerprint density at radius 1 is 0.727 bits per heavy atom. The molecule has 0 amide bonds. The zero-order valence-electron chi connectivity index (χ0n) is 11.4. The molecule has 2 aliphatic heterocycles. The van der Waals surface area contributed by atoms with Gasteiger partial charge in [0.2, 0.25) is 0 Å².